The molecule has 0 saturated heterocycles. The number of aryl methyl sites for hydroxylation is 1. The molecule has 0 spiro atoms. The minimum Gasteiger partial charge on any atom is -0.319 e. The molecule has 0 saturated carbocycles. The van der Waals surface area contributed by atoms with Crippen LogP contribution in [0.25, 0.3) is 0 Å². The summed E-state index contributed by atoms with van der Waals surface area (Å²) in [6, 6.07) is 10.7. The predicted molar refractivity (Wildman–Crippen MR) is 83.3 cm³/mol. The number of halogens is 3. The molecule has 5 heteroatoms. The van der Waals surface area contributed by atoms with Crippen LogP contribution in [0.3, 0.4) is 0 Å². The van der Waals surface area contributed by atoms with Crippen LogP contribution in [0.2, 0.25) is 10.0 Å². The Balaban J connectivity index is 2.35. The maximum atomic E-state index is 12.2. The van der Waals surface area contributed by atoms with Gasteiger partial charge in [0.2, 0.25) is 0 Å². The van der Waals surface area contributed by atoms with E-state index >= 15 is 0 Å². The average molecular weight is 359 g/mol. The number of hydrogen-bond acceptors (Lipinski definition) is 1. The SMILES string of the molecule is Cc1ccc(Cl)c(NC(=O)c2ccccc2Br)c1Cl. The summed E-state index contributed by atoms with van der Waals surface area (Å²) in [7, 11) is 0. The molecule has 2 aromatic carbocycles. The lowest BCUT2D eigenvalue weighted by atomic mass is 10.2. The maximum absolute atomic E-state index is 12.2. The fourth-order valence-corrected chi connectivity index (χ4v) is 2.53. The fourth-order valence-electron chi connectivity index (χ4n) is 1.60. The van der Waals surface area contributed by atoms with Gasteiger partial charge in [-0.15, -0.1) is 0 Å². The van der Waals surface area contributed by atoms with Crippen molar-refractivity contribution in [2.24, 2.45) is 0 Å². The van der Waals surface area contributed by atoms with Gasteiger partial charge in [-0.25, -0.2) is 0 Å². The Morgan fingerprint density at radius 2 is 1.84 bits per heavy atom. The second-order valence-corrected chi connectivity index (χ2v) is 5.63. The predicted octanol–water partition coefficient (Wildman–Crippen LogP) is 5.32. The molecule has 2 aromatic rings. The minimum absolute atomic E-state index is 0.262. The van der Waals surface area contributed by atoms with Gasteiger partial charge in [0.25, 0.3) is 5.91 Å². The van der Waals surface area contributed by atoms with Crippen LogP contribution >= 0.6 is 39.1 Å². The van der Waals surface area contributed by atoms with Gasteiger partial charge in [-0.2, -0.15) is 0 Å². The summed E-state index contributed by atoms with van der Waals surface area (Å²) < 4.78 is 0.715. The summed E-state index contributed by atoms with van der Waals surface area (Å²) >= 11 is 15.6. The highest BCUT2D eigenvalue weighted by Crippen LogP contribution is 2.33. The van der Waals surface area contributed by atoms with E-state index in [0.29, 0.717) is 25.8 Å². The third kappa shape index (κ3) is 3.11. The van der Waals surface area contributed by atoms with E-state index in [0.717, 1.165) is 5.56 Å². The van der Waals surface area contributed by atoms with Crippen LogP contribution in [0.1, 0.15) is 15.9 Å². The second kappa shape index (κ2) is 5.95. The molecule has 0 unspecified atom stereocenters. The van der Waals surface area contributed by atoms with Crippen molar-refractivity contribution < 1.29 is 4.79 Å². The van der Waals surface area contributed by atoms with Crippen molar-refractivity contribution in [1.29, 1.82) is 0 Å². The molecule has 2 nitrogen and oxygen atoms in total. The van der Waals surface area contributed by atoms with Gasteiger partial charge in [0, 0.05) is 4.47 Å². The van der Waals surface area contributed by atoms with Crippen molar-refractivity contribution in [3.8, 4) is 0 Å². The van der Waals surface area contributed by atoms with Crippen molar-refractivity contribution in [2.45, 2.75) is 6.92 Å². The molecule has 2 rings (SSSR count). The monoisotopic (exact) mass is 357 g/mol. The zero-order valence-electron chi connectivity index (χ0n) is 10.0. The Morgan fingerprint density at radius 3 is 2.53 bits per heavy atom. The Morgan fingerprint density at radius 1 is 1.16 bits per heavy atom. The summed E-state index contributed by atoms with van der Waals surface area (Å²) in [6.45, 7) is 1.85. The highest BCUT2D eigenvalue weighted by molar-refractivity contribution is 9.10. The highest BCUT2D eigenvalue weighted by atomic mass is 79.9. The van der Waals surface area contributed by atoms with Crippen LogP contribution in [0.4, 0.5) is 5.69 Å². The largest absolute Gasteiger partial charge is 0.319 e. The number of amides is 1. The lowest BCUT2D eigenvalue weighted by Gasteiger charge is -2.11. The maximum Gasteiger partial charge on any atom is 0.256 e. The number of carbonyl (C=O) groups is 1. The van der Waals surface area contributed by atoms with Crippen LogP contribution in [0.15, 0.2) is 40.9 Å². The minimum atomic E-state index is -0.262. The van der Waals surface area contributed by atoms with Gasteiger partial charge in [0.05, 0.1) is 21.3 Å². The quantitative estimate of drug-likeness (QED) is 0.773. The summed E-state index contributed by atoms with van der Waals surface area (Å²) in [5.41, 5.74) is 1.81. The molecule has 0 heterocycles. The molecule has 0 bridgehead atoms. The van der Waals surface area contributed by atoms with E-state index in [9.17, 15) is 4.79 Å². The number of anilines is 1. The van der Waals surface area contributed by atoms with E-state index in [4.69, 9.17) is 23.2 Å². The first kappa shape index (κ1) is 14.4. The first-order valence-corrected chi connectivity index (χ1v) is 7.06. The van der Waals surface area contributed by atoms with Crippen LogP contribution in [0, 0.1) is 6.92 Å². The van der Waals surface area contributed by atoms with Gasteiger partial charge < -0.3 is 5.32 Å². The Kier molecular flexibility index (Phi) is 4.50. The Labute approximate surface area is 129 Å². The summed E-state index contributed by atoms with van der Waals surface area (Å²) in [4.78, 5) is 12.2. The van der Waals surface area contributed by atoms with Gasteiger partial charge in [-0.05, 0) is 46.6 Å². The summed E-state index contributed by atoms with van der Waals surface area (Å²) in [5.74, 6) is -0.262. The van der Waals surface area contributed by atoms with Crippen LogP contribution in [0.5, 0.6) is 0 Å². The van der Waals surface area contributed by atoms with E-state index in [1.54, 1.807) is 30.3 Å². The highest BCUT2D eigenvalue weighted by Gasteiger charge is 2.14. The Bertz CT molecular complexity index is 643. The van der Waals surface area contributed by atoms with Gasteiger partial charge in [-0.3, -0.25) is 4.79 Å². The molecule has 0 aliphatic carbocycles. The van der Waals surface area contributed by atoms with Crippen LogP contribution in [-0.2, 0) is 0 Å². The zero-order valence-corrected chi connectivity index (χ0v) is 13.1. The van der Waals surface area contributed by atoms with Crippen LogP contribution in [-0.4, -0.2) is 5.91 Å². The van der Waals surface area contributed by atoms with Crippen LogP contribution < -0.4 is 5.32 Å². The molecule has 0 atom stereocenters. The molecule has 0 aliphatic heterocycles. The first-order valence-electron chi connectivity index (χ1n) is 5.51. The molecular formula is C14H10BrCl2NO. The number of carbonyl (C=O) groups excluding carboxylic acids is 1. The topological polar surface area (TPSA) is 29.1 Å². The van der Waals surface area contributed by atoms with Gasteiger partial charge in [-0.1, -0.05) is 41.4 Å². The van der Waals surface area contributed by atoms with E-state index in [-0.39, 0.29) is 5.91 Å². The van der Waals surface area contributed by atoms with Crippen molar-refractivity contribution in [1.82, 2.24) is 0 Å². The molecular weight excluding hydrogens is 349 g/mol. The molecule has 98 valence electrons. The van der Waals surface area contributed by atoms with E-state index in [2.05, 4.69) is 21.2 Å². The van der Waals surface area contributed by atoms with Crippen molar-refractivity contribution in [3.05, 3.63) is 62.0 Å². The molecule has 0 aromatic heterocycles. The second-order valence-electron chi connectivity index (χ2n) is 3.99. The number of nitrogens with one attached hydrogen (secondary N) is 1. The molecule has 1 amide bonds. The normalized spacial score (nSPS) is 10.3. The molecule has 19 heavy (non-hydrogen) atoms. The van der Waals surface area contributed by atoms with Gasteiger partial charge in [0.1, 0.15) is 0 Å². The number of hydrogen-bond donors (Lipinski definition) is 1. The lowest BCUT2D eigenvalue weighted by molar-refractivity contribution is 0.102. The first-order chi connectivity index (χ1) is 9.00. The third-order valence-corrected chi connectivity index (χ3v) is 4.13. The van der Waals surface area contributed by atoms with E-state index in [1.165, 1.54) is 0 Å². The average Bonchev–Trinajstić information content (AvgIpc) is 2.39. The number of benzene rings is 2. The standard InChI is InChI=1S/C14H10BrCl2NO/c1-8-6-7-11(16)13(12(8)17)18-14(19)9-4-2-3-5-10(9)15/h2-7H,1H3,(H,18,19). The summed E-state index contributed by atoms with van der Waals surface area (Å²) in [5, 5.41) is 3.61. The lowest BCUT2D eigenvalue weighted by Crippen LogP contribution is -2.13. The zero-order chi connectivity index (χ0) is 14.0. The van der Waals surface area contributed by atoms with Crippen molar-refractivity contribution in [2.75, 3.05) is 5.32 Å². The Hall–Kier alpha value is -1.03. The molecule has 0 aliphatic rings. The summed E-state index contributed by atoms with van der Waals surface area (Å²) in [6.07, 6.45) is 0. The third-order valence-electron chi connectivity index (χ3n) is 2.64. The molecule has 0 fully saturated rings. The van der Waals surface area contributed by atoms with Gasteiger partial charge in [0.15, 0.2) is 0 Å². The van der Waals surface area contributed by atoms with E-state index < -0.39 is 0 Å². The smallest absolute Gasteiger partial charge is 0.256 e. The van der Waals surface area contributed by atoms with Gasteiger partial charge >= 0.3 is 0 Å². The number of rotatable bonds is 2. The molecule has 0 radical (unpaired) electrons. The van der Waals surface area contributed by atoms with E-state index in [1.807, 2.05) is 13.0 Å². The van der Waals surface area contributed by atoms with Crippen molar-refractivity contribution >= 4 is 50.7 Å². The van der Waals surface area contributed by atoms with Crippen molar-refractivity contribution in [3.63, 3.8) is 0 Å². The molecule has 1 N–H and O–H groups in total. The fraction of sp³-hybridized carbons (Fsp3) is 0.0714.